The topological polar surface area (TPSA) is 49.4 Å². The highest BCUT2D eigenvalue weighted by Crippen LogP contribution is 2.26. The zero-order valence-electron chi connectivity index (χ0n) is 18.6. The SMILES string of the molecule is CNC(=O)[C@@H](Cc1ccccc1)N(Cc1ccc(Cl)cc1Cl)C(=O)CCSc1ccc(Cl)cc1. The van der Waals surface area contributed by atoms with E-state index in [2.05, 4.69) is 5.32 Å². The number of carbonyl (C=O) groups excluding carboxylic acids is 2. The highest BCUT2D eigenvalue weighted by Gasteiger charge is 2.30. The second-order valence-corrected chi connectivity index (χ2v) is 10.1. The molecule has 0 fully saturated rings. The van der Waals surface area contributed by atoms with E-state index in [4.69, 9.17) is 34.8 Å². The standard InChI is InChI=1S/C26H25Cl3N2O2S/c1-30-26(33)24(15-18-5-3-2-4-6-18)31(17-19-7-8-21(28)16-23(19)29)25(32)13-14-34-22-11-9-20(27)10-12-22/h2-12,16,24H,13-15,17H2,1H3,(H,30,33)/t24-/m1/s1. The third kappa shape index (κ3) is 7.67. The van der Waals surface area contributed by atoms with E-state index in [1.165, 1.54) is 0 Å². The summed E-state index contributed by atoms with van der Waals surface area (Å²) < 4.78 is 0. The fourth-order valence-electron chi connectivity index (χ4n) is 3.48. The van der Waals surface area contributed by atoms with E-state index in [1.807, 2.05) is 54.6 Å². The van der Waals surface area contributed by atoms with Crippen molar-refractivity contribution in [3.8, 4) is 0 Å². The van der Waals surface area contributed by atoms with Crippen LogP contribution >= 0.6 is 46.6 Å². The van der Waals surface area contributed by atoms with Gasteiger partial charge < -0.3 is 10.2 Å². The molecule has 3 aromatic rings. The Labute approximate surface area is 219 Å². The number of nitrogens with one attached hydrogen (secondary N) is 1. The molecule has 0 aliphatic carbocycles. The molecule has 0 spiro atoms. The Balaban J connectivity index is 1.83. The van der Waals surface area contributed by atoms with Gasteiger partial charge in [0.25, 0.3) is 0 Å². The van der Waals surface area contributed by atoms with Crippen molar-refractivity contribution in [2.75, 3.05) is 12.8 Å². The molecule has 34 heavy (non-hydrogen) atoms. The lowest BCUT2D eigenvalue weighted by Crippen LogP contribution is -2.49. The summed E-state index contributed by atoms with van der Waals surface area (Å²) in [5, 5.41) is 4.35. The van der Waals surface area contributed by atoms with Crippen LogP contribution in [0.1, 0.15) is 17.5 Å². The first kappa shape index (κ1) is 26.4. The highest BCUT2D eigenvalue weighted by atomic mass is 35.5. The van der Waals surface area contributed by atoms with Crippen LogP contribution in [0.2, 0.25) is 15.1 Å². The first-order valence-corrected chi connectivity index (χ1v) is 12.9. The van der Waals surface area contributed by atoms with E-state index < -0.39 is 6.04 Å². The van der Waals surface area contributed by atoms with Crippen LogP contribution < -0.4 is 5.32 Å². The van der Waals surface area contributed by atoms with Gasteiger partial charge in [-0.25, -0.2) is 0 Å². The van der Waals surface area contributed by atoms with Crippen LogP contribution in [0, 0.1) is 0 Å². The number of halogens is 3. The van der Waals surface area contributed by atoms with Gasteiger partial charge in [0.2, 0.25) is 11.8 Å². The van der Waals surface area contributed by atoms with Crippen molar-refractivity contribution < 1.29 is 9.59 Å². The smallest absolute Gasteiger partial charge is 0.242 e. The van der Waals surface area contributed by atoms with E-state index in [0.29, 0.717) is 27.2 Å². The number of carbonyl (C=O) groups is 2. The monoisotopic (exact) mass is 534 g/mol. The average molecular weight is 536 g/mol. The maximum Gasteiger partial charge on any atom is 0.242 e. The Hall–Kier alpha value is -2.18. The predicted octanol–water partition coefficient (Wildman–Crippen LogP) is 6.52. The molecule has 4 nitrogen and oxygen atoms in total. The summed E-state index contributed by atoms with van der Waals surface area (Å²) in [7, 11) is 1.58. The minimum atomic E-state index is -0.688. The lowest BCUT2D eigenvalue weighted by Gasteiger charge is -2.31. The summed E-state index contributed by atoms with van der Waals surface area (Å²) in [4.78, 5) is 29.0. The quantitative estimate of drug-likeness (QED) is 0.301. The molecule has 0 aliphatic rings. The number of thioether (sulfide) groups is 1. The molecule has 2 amide bonds. The maximum atomic E-state index is 13.5. The van der Waals surface area contributed by atoms with Crippen molar-refractivity contribution in [3.63, 3.8) is 0 Å². The van der Waals surface area contributed by atoms with Gasteiger partial charge in [-0.05, 0) is 47.5 Å². The average Bonchev–Trinajstić information content (AvgIpc) is 2.83. The number of hydrogen-bond donors (Lipinski definition) is 1. The lowest BCUT2D eigenvalue weighted by molar-refractivity contribution is -0.140. The van der Waals surface area contributed by atoms with Crippen LogP contribution in [-0.4, -0.2) is 35.6 Å². The van der Waals surface area contributed by atoms with E-state index in [1.54, 1.807) is 41.9 Å². The largest absolute Gasteiger partial charge is 0.357 e. The van der Waals surface area contributed by atoms with Crippen LogP contribution in [0.4, 0.5) is 0 Å². The molecule has 0 aliphatic heterocycles. The van der Waals surface area contributed by atoms with Gasteiger partial charge in [-0.3, -0.25) is 9.59 Å². The van der Waals surface area contributed by atoms with E-state index in [9.17, 15) is 9.59 Å². The predicted molar refractivity (Wildman–Crippen MR) is 142 cm³/mol. The van der Waals surface area contributed by atoms with Gasteiger partial charge in [0.15, 0.2) is 0 Å². The summed E-state index contributed by atoms with van der Waals surface area (Å²) in [5.74, 6) is 0.210. The molecule has 0 aromatic heterocycles. The first-order chi connectivity index (χ1) is 16.4. The van der Waals surface area contributed by atoms with E-state index in [-0.39, 0.29) is 24.8 Å². The molecule has 0 radical (unpaired) electrons. The van der Waals surface area contributed by atoms with Crippen molar-refractivity contribution >= 4 is 58.4 Å². The Kier molecular flexibility index (Phi) is 10.1. The van der Waals surface area contributed by atoms with Crippen LogP contribution in [-0.2, 0) is 22.6 Å². The normalized spacial score (nSPS) is 11.6. The zero-order valence-corrected chi connectivity index (χ0v) is 21.7. The van der Waals surface area contributed by atoms with Gasteiger partial charge in [-0.15, -0.1) is 11.8 Å². The summed E-state index contributed by atoms with van der Waals surface area (Å²) in [6.07, 6.45) is 0.655. The molecule has 0 unspecified atom stereocenters. The number of benzene rings is 3. The number of nitrogens with zero attached hydrogens (tertiary/aromatic N) is 1. The fourth-order valence-corrected chi connectivity index (χ4v) is 4.92. The van der Waals surface area contributed by atoms with Crippen molar-refractivity contribution in [1.82, 2.24) is 10.2 Å². The molecule has 178 valence electrons. The Bertz CT molecular complexity index is 1110. The van der Waals surface area contributed by atoms with Gasteiger partial charge in [0.1, 0.15) is 6.04 Å². The molecule has 1 N–H and O–H groups in total. The summed E-state index contributed by atoms with van der Waals surface area (Å²) in [6, 6.07) is 21.6. The minimum Gasteiger partial charge on any atom is -0.357 e. The molecule has 3 aromatic carbocycles. The maximum absolute atomic E-state index is 13.5. The van der Waals surface area contributed by atoms with Crippen LogP contribution in [0.5, 0.6) is 0 Å². The van der Waals surface area contributed by atoms with Gasteiger partial charge in [-0.2, -0.15) is 0 Å². The van der Waals surface area contributed by atoms with Gasteiger partial charge in [-0.1, -0.05) is 71.2 Å². The van der Waals surface area contributed by atoms with Gasteiger partial charge in [0, 0.05) is 52.2 Å². The minimum absolute atomic E-state index is 0.128. The molecule has 0 saturated heterocycles. The van der Waals surface area contributed by atoms with Crippen molar-refractivity contribution in [2.24, 2.45) is 0 Å². The molecule has 3 rings (SSSR count). The Morgan fingerprint density at radius 2 is 1.62 bits per heavy atom. The number of likely N-dealkylation sites (N-methyl/N-ethyl adjacent to an activating group) is 1. The van der Waals surface area contributed by atoms with Crippen LogP contribution in [0.15, 0.2) is 77.7 Å². The first-order valence-electron chi connectivity index (χ1n) is 10.7. The third-order valence-corrected chi connectivity index (χ3v) is 7.12. The third-order valence-electron chi connectivity index (χ3n) is 5.27. The summed E-state index contributed by atoms with van der Waals surface area (Å²) in [5.41, 5.74) is 1.69. The Morgan fingerprint density at radius 1 is 0.941 bits per heavy atom. The molecular weight excluding hydrogens is 511 g/mol. The summed E-state index contributed by atoms with van der Waals surface area (Å²) >= 11 is 20.0. The number of rotatable bonds is 10. The second-order valence-electron chi connectivity index (χ2n) is 7.63. The molecule has 1 atom stereocenters. The molecule has 0 bridgehead atoms. The van der Waals surface area contributed by atoms with Gasteiger partial charge in [0.05, 0.1) is 0 Å². The fraction of sp³-hybridized carbons (Fsp3) is 0.231. The molecular formula is C26H25Cl3N2O2S. The van der Waals surface area contributed by atoms with Crippen LogP contribution in [0.3, 0.4) is 0 Å². The highest BCUT2D eigenvalue weighted by molar-refractivity contribution is 7.99. The summed E-state index contributed by atoms with van der Waals surface area (Å²) in [6.45, 7) is 0.200. The van der Waals surface area contributed by atoms with Crippen molar-refractivity contribution in [1.29, 1.82) is 0 Å². The molecule has 8 heteroatoms. The van der Waals surface area contributed by atoms with E-state index >= 15 is 0 Å². The second kappa shape index (κ2) is 13.1. The van der Waals surface area contributed by atoms with Crippen LogP contribution in [0.25, 0.3) is 0 Å². The molecule has 0 heterocycles. The molecule has 0 saturated carbocycles. The van der Waals surface area contributed by atoms with Crippen molar-refractivity contribution in [2.45, 2.75) is 30.3 Å². The van der Waals surface area contributed by atoms with E-state index in [0.717, 1.165) is 16.0 Å². The number of hydrogen-bond acceptors (Lipinski definition) is 3. The van der Waals surface area contributed by atoms with Gasteiger partial charge >= 0.3 is 0 Å². The zero-order chi connectivity index (χ0) is 24.5. The Morgan fingerprint density at radius 3 is 2.26 bits per heavy atom. The lowest BCUT2D eigenvalue weighted by atomic mass is 10.0. The number of amides is 2. The van der Waals surface area contributed by atoms with Crippen molar-refractivity contribution in [3.05, 3.63) is 99.0 Å².